The quantitative estimate of drug-likeness (QED) is 0.561. The molecule has 0 spiro atoms. The highest BCUT2D eigenvalue weighted by Gasteiger charge is 2.21. The Hall–Kier alpha value is -2.34. The molecular weight excluding hydrogens is 421 g/mol. The number of carbonyl (C=O) groups is 1. The largest absolute Gasteiger partial charge is 0.359 e. The van der Waals surface area contributed by atoms with E-state index in [1.165, 1.54) is 0 Å². The highest BCUT2D eigenvalue weighted by Crippen LogP contribution is 2.24. The molecule has 2 aromatic carbocycles. The van der Waals surface area contributed by atoms with E-state index in [1.54, 1.807) is 18.2 Å². The minimum atomic E-state index is -0.119. The van der Waals surface area contributed by atoms with E-state index in [9.17, 15) is 4.79 Å². The van der Waals surface area contributed by atoms with E-state index in [-0.39, 0.29) is 5.91 Å². The van der Waals surface area contributed by atoms with Crippen molar-refractivity contribution in [1.29, 1.82) is 0 Å². The number of hydrogen-bond acceptors (Lipinski definition) is 4. The van der Waals surface area contributed by atoms with Gasteiger partial charge >= 0.3 is 0 Å². The van der Waals surface area contributed by atoms with Gasteiger partial charge in [-0.1, -0.05) is 58.7 Å². The summed E-state index contributed by atoms with van der Waals surface area (Å²) >= 11 is 11.9. The number of nitrogens with zero attached hydrogens (tertiary/aromatic N) is 2. The van der Waals surface area contributed by atoms with Gasteiger partial charge in [0.05, 0.1) is 16.6 Å². The van der Waals surface area contributed by atoms with Crippen LogP contribution in [0.1, 0.15) is 29.0 Å². The average Bonchev–Trinajstić information content (AvgIpc) is 3.24. The Bertz CT molecular complexity index is 999. The van der Waals surface area contributed by atoms with Gasteiger partial charge in [0.1, 0.15) is 5.69 Å². The molecule has 0 bridgehead atoms. The number of nitrogens with one attached hydrogen (secondary N) is 1. The SMILES string of the molecule is O=C(NCC1CCN(Cc2cc(-c3ccccc3)no2)CC1)c1ccc(Cl)c(Cl)c1. The third-order valence-electron chi connectivity index (χ3n) is 5.45. The van der Waals surface area contributed by atoms with E-state index in [1.807, 2.05) is 36.4 Å². The van der Waals surface area contributed by atoms with E-state index in [0.29, 0.717) is 28.1 Å². The summed E-state index contributed by atoms with van der Waals surface area (Å²) in [4.78, 5) is 14.7. The summed E-state index contributed by atoms with van der Waals surface area (Å²) in [5.41, 5.74) is 2.45. The number of aromatic nitrogens is 1. The Balaban J connectivity index is 1.23. The monoisotopic (exact) mass is 443 g/mol. The van der Waals surface area contributed by atoms with Crippen LogP contribution in [0, 0.1) is 5.92 Å². The van der Waals surface area contributed by atoms with Gasteiger partial charge in [-0.3, -0.25) is 9.69 Å². The summed E-state index contributed by atoms with van der Waals surface area (Å²) < 4.78 is 5.53. The first-order chi connectivity index (χ1) is 14.6. The van der Waals surface area contributed by atoms with E-state index >= 15 is 0 Å². The fraction of sp³-hybridized carbons (Fsp3) is 0.304. The second-order valence-corrected chi connectivity index (χ2v) is 8.42. The first-order valence-corrected chi connectivity index (χ1v) is 10.8. The maximum Gasteiger partial charge on any atom is 0.251 e. The molecule has 30 heavy (non-hydrogen) atoms. The van der Waals surface area contributed by atoms with Gasteiger partial charge in [-0.2, -0.15) is 0 Å². The molecule has 0 aliphatic carbocycles. The number of halogens is 2. The molecule has 1 amide bonds. The second kappa shape index (κ2) is 9.65. The first kappa shape index (κ1) is 20.9. The number of hydrogen-bond donors (Lipinski definition) is 1. The van der Waals surface area contributed by atoms with E-state index in [4.69, 9.17) is 27.7 Å². The van der Waals surface area contributed by atoms with Crippen molar-refractivity contribution in [2.75, 3.05) is 19.6 Å². The van der Waals surface area contributed by atoms with Crippen molar-refractivity contribution < 1.29 is 9.32 Å². The molecule has 156 valence electrons. The molecule has 0 atom stereocenters. The smallest absolute Gasteiger partial charge is 0.251 e. The molecule has 1 aromatic heterocycles. The predicted octanol–water partition coefficient (Wildman–Crippen LogP) is 5.29. The van der Waals surface area contributed by atoms with E-state index in [2.05, 4.69) is 15.4 Å². The van der Waals surface area contributed by atoms with Crippen LogP contribution >= 0.6 is 23.2 Å². The minimum absolute atomic E-state index is 0.119. The van der Waals surface area contributed by atoms with Crippen LogP contribution in [0.15, 0.2) is 59.1 Å². The van der Waals surface area contributed by atoms with Crippen LogP contribution in [0.2, 0.25) is 10.0 Å². The number of amides is 1. The van der Waals surface area contributed by atoms with Crippen LogP contribution in [0.5, 0.6) is 0 Å². The lowest BCUT2D eigenvalue weighted by Gasteiger charge is -2.31. The van der Waals surface area contributed by atoms with Crippen molar-refractivity contribution in [2.24, 2.45) is 5.92 Å². The van der Waals surface area contributed by atoms with Gasteiger partial charge in [-0.25, -0.2) is 0 Å². The van der Waals surface area contributed by atoms with Crippen molar-refractivity contribution in [3.05, 3.63) is 76.0 Å². The maximum atomic E-state index is 12.3. The average molecular weight is 444 g/mol. The lowest BCUT2D eigenvalue weighted by Crippen LogP contribution is -2.38. The Labute approximate surface area is 186 Å². The second-order valence-electron chi connectivity index (χ2n) is 7.60. The maximum absolute atomic E-state index is 12.3. The molecule has 0 radical (unpaired) electrons. The molecule has 4 rings (SSSR count). The molecule has 0 saturated carbocycles. The highest BCUT2D eigenvalue weighted by atomic mass is 35.5. The normalized spacial score (nSPS) is 15.3. The third kappa shape index (κ3) is 5.22. The van der Waals surface area contributed by atoms with Gasteiger partial charge in [-0.15, -0.1) is 0 Å². The minimum Gasteiger partial charge on any atom is -0.359 e. The van der Waals surface area contributed by atoms with Crippen LogP contribution in [-0.2, 0) is 6.54 Å². The standard InChI is InChI=1S/C23H23Cl2N3O2/c24-20-7-6-18(12-21(20)25)23(29)26-14-16-8-10-28(11-9-16)15-19-13-22(27-30-19)17-4-2-1-3-5-17/h1-7,12-13,16H,8-11,14-15H2,(H,26,29). The Morgan fingerprint density at radius 1 is 1.07 bits per heavy atom. The molecule has 1 N–H and O–H groups in total. The molecule has 1 aliphatic rings. The Morgan fingerprint density at radius 2 is 1.83 bits per heavy atom. The number of rotatable bonds is 6. The van der Waals surface area contributed by atoms with Crippen LogP contribution in [0.25, 0.3) is 11.3 Å². The van der Waals surface area contributed by atoms with Crippen LogP contribution in [0.4, 0.5) is 0 Å². The van der Waals surface area contributed by atoms with Crippen LogP contribution in [-0.4, -0.2) is 35.6 Å². The summed E-state index contributed by atoms with van der Waals surface area (Å²) in [7, 11) is 0. The zero-order chi connectivity index (χ0) is 20.9. The zero-order valence-corrected chi connectivity index (χ0v) is 18.0. The zero-order valence-electron chi connectivity index (χ0n) is 16.5. The summed E-state index contributed by atoms with van der Waals surface area (Å²) in [5, 5.41) is 8.04. The third-order valence-corrected chi connectivity index (χ3v) is 6.19. The fourth-order valence-electron chi connectivity index (χ4n) is 3.68. The van der Waals surface area contributed by atoms with Crippen LogP contribution < -0.4 is 5.32 Å². The van der Waals surface area contributed by atoms with Crippen molar-refractivity contribution in [2.45, 2.75) is 19.4 Å². The first-order valence-electron chi connectivity index (χ1n) is 10.0. The van der Waals surface area contributed by atoms with E-state index in [0.717, 1.165) is 49.5 Å². The van der Waals surface area contributed by atoms with Crippen LogP contribution in [0.3, 0.4) is 0 Å². The lowest BCUT2D eigenvalue weighted by molar-refractivity contribution is 0.0933. The van der Waals surface area contributed by atoms with Crippen molar-refractivity contribution in [1.82, 2.24) is 15.4 Å². The number of piperidine rings is 1. The number of carbonyl (C=O) groups excluding carboxylic acids is 1. The summed E-state index contributed by atoms with van der Waals surface area (Å²) in [6.45, 7) is 3.35. The highest BCUT2D eigenvalue weighted by molar-refractivity contribution is 6.42. The Morgan fingerprint density at radius 3 is 2.57 bits per heavy atom. The molecule has 2 heterocycles. The molecule has 1 aliphatic heterocycles. The van der Waals surface area contributed by atoms with Gasteiger partial charge in [0.2, 0.25) is 0 Å². The van der Waals surface area contributed by atoms with Crippen molar-refractivity contribution in [3.8, 4) is 11.3 Å². The molecule has 1 saturated heterocycles. The van der Waals surface area contributed by atoms with E-state index < -0.39 is 0 Å². The van der Waals surface area contributed by atoms with Gasteiger partial charge in [0.25, 0.3) is 5.91 Å². The topological polar surface area (TPSA) is 58.4 Å². The Kier molecular flexibility index (Phi) is 6.72. The van der Waals surface area contributed by atoms with Crippen molar-refractivity contribution >= 4 is 29.1 Å². The van der Waals surface area contributed by atoms with Crippen molar-refractivity contribution in [3.63, 3.8) is 0 Å². The summed E-state index contributed by atoms with van der Waals surface area (Å²) in [6, 6.07) is 17.0. The number of benzene rings is 2. The molecule has 5 nitrogen and oxygen atoms in total. The predicted molar refractivity (Wildman–Crippen MR) is 119 cm³/mol. The summed E-state index contributed by atoms with van der Waals surface area (Å²) in [5.74, 6) is 1.22. The lowest BCUT2D eigenvalue weighted by atomic mass is 9.96. The molecule has 7 heteroatoms. The van der Waals surface area contributed by atoms with Gasteiger partial charge in [-0.05, 0) is 50.0 Å². The molecule has 0 unspecified atom stereocenters. The summed E-state index contributed by atoms with van der Waals surface area (Å²) in [6.07, 6.45) is 2.06. The molecule has 1 fully saturated rings. The van der Waals surface area contributed by atoms with Gasteiger partial charge in [0, 0.05) is 23.7 Å². The van der Waals surface area contributed by atoms with Gasteiger partial charge < -0.3 is 9.84 Å². The molecular formula is C23H23Cl2N3O2. The molecule has 3 aromatic rings. The van der Waals surface area contributed by atoms with Gasteiger partial charge in [0.15, 0.2) is 5.76 Å². The fourth-order valence-corrected chi connectivity index (χ4v) is 3.98. The number of likely N-dealkylation sites (tertiary alicyclic amines) is 1.